The molecule has 1 heterocycles. The highest BCUT2D eigenvalue weighted by Gasteiger charge is 2.13. The molecule has 3 nitrogen and oxygen atoms in total. The minimum Gasteiger partial charge on any atom is -0.492 e. The molecule has 0 atom stereocenters. The van der Waals surface area contributed by atoms with Crippen LogP contribution in [0.25, 0.3) is 10.8 Å². The van der Waals surface area contributed by atoms with Gasteiger partial charge in [0, 0.05) is 38.1 Å². The third kappa shape index (κ3) is 3.72. The minimum atomic E-state index is 0.713. The van der Waals surface area contributed by atoms with Crippen molar-refractivity contribution in [2.45, 2.75) is 6.42 Å². The molecule has 0 bridgehead atoms. The summed E-state index contributed by atoms with van der Waals surface area (Å²) in [5.41, 5.74) is 0. The quantitative estimate of drug-likeness (QED) is 0.785. The fourth-order valence-corrected chi connectivity index (χ4v) is 3.16. The van der Waals surface area contributed by atoms with Crippen molar-refractivity contribution < 1.29 is 4.74 Å². The molecule has 0 aliphatic carbocycles. The molecule has 0 radical (unpaired) electrons. The molecule has 0 spiro atoms. The largest absolute Gasteiger partial charge is 0.492 e. The van der Waals surface area contributed by atoms with E-state index in [1.54, 1.807) is 0 Å². The normalized spacial score (nSPS) is 17.0. The molecule has 1 saturated heterocycles. The molecule has 2 aromatic rings. The third-order valence-electron chi connectivity index (χ3n) is 4.30. The van der Waals surface area contributed by atoms with Crippen LogP contribution in [0.15, 0.2) is 36.4 Å². The van der Waals surface area contributed by atoms with E-state index in [2.05, 4.69) is 29.0 Å². The van der Waals surface area contributed by atoms with E-state index in [4.69, 9.17) is 16.3 Å². The van der Waals surface area contributed by atoms with E-state index in [-0.39, 0.29) is 0 Å². The molecule has 2 aromatic carbocycles. The Balaban J connectivity index is 1.50. The van der Waals surface area contributed by atoms with Gasteiger partial charge < -0.3 is 14.5 Å². The Labute approximate surface area is 137 Å². The lowest BCUT2D eigenvalue weighted by atomic mass is 10.1. The Morgan fingerprint density at radius 1 is 1.05 bits per heavy atom. The second-order valence-corrected chi connectivity index (χ2v) is 6.32. The van der Waals surface area contributed by atoms with Crippen LogP contribution in [0.2, 0.25) is 5.02 Å². The van der Waals surface area contributed by atoms with E-state index >= 15 is 0 Å². The minimum absolute atomic E-state index is 0.713. The smallest absolute Gasteiger partial charge is 0.138 e. The fraction of sp³-hybridized carbons (Fsp3) is 0.444. The topological polar surface area (TPSA) is 15.7 Å². The predicted molar refractivity (Wildman–Crippen MR) is 93.0 cm³/mol. The number of rotatable bonds is 5. The van der Waals surface area contributed by atoms with E-state index < -0.39 is 0 Å². The van der Waals surface area contributed by atoms with Crippen LogP contribution in [-0.4, -0.2) is 56.2 Å². The summed E-state index contributed by atoms with van der Waals surface area (Å²) in [5, 5.41) is 2.93. The Morgan fingerprint density at radius 3 is 2.64 bits per heavy atom. The van der Waals surface area contributed by atoms with Crippen molar-refractivity contribution in [2.24, 2.45) is 0 Å². The molecule has 0 unspecified atom stereocenters. The van der Waals surface area contributed by atoms with Crippen molar-refractivity contribution in [1.82, 2.24) is 9.80 Å². The van der Waals surface area contributed by atoms with Gasteiger partial charge in [-0.3, -0.25) is 0 Å². The van der Waals surface area contributed by atoms with Crippen LogP contribution >= 0.6 is 11.6 Å². The van der Waals surface area contributed by atoms with E-state index in [9.17, 15) is 0 Å². The molecule has 3 rings (SSSR count). The first-order chi connectivity index (χ1) is 10.7. The molecule has 1 aliphatic heterocycles. The van der Waals surface area contributed by atoms with Crippen LogP contribution in [-0.2, 0) is 0 Å². The van der Waals surface area contributed by atoms with Crippen molar-refractivity contribution >= 4 is 22.4 Å². The van der Waals surface area contributed by atoms with E-state index in [0.717, 1.165) is 60.7 Å². The molecule has 0 N–H and O–H groups in total. The molecule has 0 amide bonds. The molecule has 1 fully saturated rings. The standard InChI is InChI=1S/C18H23ClN2O/c1-20-10-12-21(13-11-20)9-4-14-22-17-8-7-15-5-2-3-6-16(15)18(17)19/h2-3,5-8H,4,9-14H2,1H3. The molecule has 1 aliphatic rings. The van der Waals surface area contributed by atoms with Crippen LogP contribution < -0.4 is 4.74 Å². The second-order valence-electron chi connectivity index (χ2n) is 5.95. The highest BCUT2D eigenvalue weighted by Crippen LogP contribution is 2.32. The summed E-state index contributed by atoms with van der Waals surface area (Å²) in [5.74, 6) is 0.791. The first-order valence-electron chi connectivity index (χ1n) is 7.95. The van der Waals surface area contributed by atoms with Gasteiger partial charge in [0.1, 0.15) is 5.75 Å². The number of ether oxygens (including phenoxy) is 1. The number of nitrogens with zero attached hydrogens (tertiary/aromatic N) is 2. The number of likely N-dealkylation sites (N-methyl/N-ethyl adjacent to an activating group) is 1. The third-order valence-corrected chi connectivity index (χ3v) is 4.69. The number of fused-ring (bicyclic) bond motifs is 1. The maximum atomic E-state index is 6.44. The Hall–Kier alpha value is -1.29. The first kappa shape index (κ1) is 15.6. The van der Waals surface area contributed by atoms with Gasteiger partial charge in [0.15, 0.2) is 0 Å². The van der Waals surface area contributed by atoms with Crippen LogP contribution in [0.3, 0.4) is 0 Å². The molecule has 0 saturated carbocycles. The zero-order chi connectivity index (χ0) is 15.4. The van der Waals surface area contributed by atoms with Gasteiger partial charge in [-0.2, -0.15) is 0 Å². The molecular weight excluding hydrogens is 296 g/mol. The van der Waals surface area contributed by atoms with Gasteiger partial charge in [-0.15, -0.1) is 0 Å². The molecular formula is C18H23ClN2O. The number of hydrogen-bond donors (Lipinski definition) is 0. The van der Waals surface area contributed by atoms with Crippen molar-refractivity contribution in [3.63, 3.8) is 0 Å². The van der Waals surface area contributed by atoms with Crippen molar-refractivity contribution in [3.8, 4) is 5.75 Å². The van der Waals surface area contributed by atoms with Crippen LogP contribution in [0.4, 0.5) is 0 Å². The van der Waals surface area contributed by atoms with Gasteiger partial charge in [-0.1, -0.05) is 41.9 Å². The van der Waals surface area contributed by atoms with Crippen molar-refractivity contribution in [2.75, 3.05) is 46.4 Å². The van der Waals surface area contributed by atoms with Crippen LogP contribution in [0.1, 0.15) is 6.42 Å². The molecule has 0 aromatic heterocycles. The van der Waals surface area contributed by atoms with Gasteiger partial charge in [-0.05, 0) is 24.9 Å². The van der Waals surface area contributed by atoms with Crippen LogP contribution in [0, 0.1) is 0 Å². The summed E-state index contributed by atoms with van der Waals surface area (Å²) in [7, 11) is 2.18. The van der Waals surface area contributed by atoms with Gasteiger partial charge >= 0.3 is 0 Å². The Kier molecular flexibility index (Phi) is 5.19. The fourth-order valence-electron chi connectivity index (χ4n) is 2.87. The predicted octanol–water partition coefficient (Wildman–Crippen LogP) is 3.51. The monoisotopic (exact) mass is 318 g/mol. The van der Waals surface area contributed by atoms with Crippen molar-refractivity contribution in [3.05, 3.63) is 41.4 Å². The van der Waals surface area contributed by atoms with E-state index in [0.29, 0.717) is 6.61 Å². The molecule has 118 valence electrons. The lowest BCUT2D eigenvalue weighted by molar-refractivity contribution is 0.145. The SMILES string of the molecule is CN1CCN(CCCOc2ccc3ccccc3c2Cl)CC1. The maximum Gasteiger partial charge on any atom is 0.138 e. The molecule has 4 heteroatoms. The average Bonchev–Trinajstić information content (AvgIpc) is 2.55. The van der Waals surface area contributed by atoms with E-state index in [1.807, 2.05) is 24.3 Å². The number of halogens is 1. The Morgan fingerprint density at radius 2 is 1.82 bits per heavy atom. The van der Waals surface area contributed by atoms with Crippen LogP contribution in [0.5, 0.6) is 5.75 Å². The van der Waals surface area contributed by atoms with Gasteiger partial charge in [0.2, 0.25) is 0 Å². The lowest BCUT2D eigenvalue weighted by Gasteiger charge is -2.32. The van der Waals surface area contributed by atoms with Gasteiger partial charge in [0.05, 0.1) is 11.6 Å². The highest BCUT2D eigenvalue weighted by atomic mass is 35.5. The molecule has 22 heavy (non-hydrogen) atoms. The summed E-state index contributed by atoms with van der Waals surface area (Å²) in [6.07, 6.45) is 1.03. The first-order valence-corrected chi connectivity index (χ1v) is 8.33. The summed E-state index contributed by atoms with van der Waals surface area (Å²) in [6.45, 7) is 6.46. The summed E-state index contributed by atoms with van der Waals surface area (Å²) >= 11 is 6.44. The summed E-state index contributed by atoms with van der Waals surface area (Å²) < 4.78 is 5.89. The average molecular weight is 319 g/mol. The van der Waals surface area contributed by atoms with Gasteiger partial charge in [-0.25, -0.2) is 0 Å². The second kappa shape index (κ2) is 7.32. The summed E-state index contributed by atoms with van der Waals surface area (Å²) in [4.78, 5) is 4.88. The zero-order valence-electron chi connectivity index (χ0n) is 13.1. The maximum absolute atomic E-state index is 6.44. The Bertz CT molecular complexity index is 624. The van der Waals surface area contributed by atoms with Gasteiger partial charge in [0.25, 0.3) is 0 Å². The number of benzene rings is 2. The van der Waals surface area contributed by atoms with Crippen molar-refractivity contribution in [1.29, 1.82) is 0 Å². The summed E-state index contributed by atoms with van der Waals surface area (Å²) in [6, 6.07) is 12.2. The highest BCUT2D eigenvalue weighted by molar-refractivity contribution is 6.37. The zero-order valence-corrected chi connectivity index (χ0v) is 13.9. The number of hydrogen-bond acceptors (Lipinski definition) is 3. The lowest BCUT2D eigenvalue weighted by Crippen LogP contribution is -2.44. The van der Waals surface area contributed by atoms with E-state index in [1.165, 1.54) is 0 Å². The number of piperazine rings is 1.